The third-order valence-corrected chi connectivity index (χ3v) is 3.75. The number of nitrogens with two attached hydrogens (primary N) is 1. The first-order valence-electron chi connectivity index (χ1n) is 6.23. The molecule has 0 aliphatic heterocycles. The van der Waals surface area contributed by atoms with E-state index in [1.807, 2.05) is 0 Å². The molecule has 0 unspecified atom stereocenters. The summed E-state index contributed by atoms with van der Waals surface area (Å²) in [6.45, 7) is 3.43. The largest absolute Gasteiger partial charge is 0.369 e. The SMILES string of the molecule is Cc1cccc(N(C)Cc2cc(C#CCN)cs2)c1. The first-order chi connectivity index (χ1) is 9.19. The maximum Gasteiger partial charge on any atom is 0.0555 e. The van der Waals surface area contributed by atoms with E-state index in [4.69, 9.17) is 5.73 Å². The molecule has 0 saturated carbocycles. The third kappa shape index (κ3) is 3.85. The minimum atomic E-state index is 0.411. The van der Waals surface area contributed by atoms with Gasteiger partial charge in [0.1, 0.15) is 0 Å². The van der Waals surface area contributed by atoms with Crippen LogP contribution in [0.3, 0.4) is 0 Å². The summed E-state index contributed by atoms with van der Waals surface area (Å²) < 4.78 is 0. The van der Waals surface area contributed by atoms with Gasteiger partial charge in [-0.05, 0) is 30.7 Å². The zero-order chi connectivity index (χ0) is 13.7. The van der Waals surface area contributed by atoms with E-state index in [0.29, 0.717) is 6.54 Å². The van der Waals surface area contributed by atoms with Crippen LogP contribution in [0, 0.1) is 18.8 Å². The Kier molecular flexibility index (Phi) is 4.62. The number of aryl methyl sites for hydroxylation is 1. The van der Waals surface area contributed by atoms with Crippen LogP contribution in [0.5, 0.6) is 0 Å². The Morgan fingerprint density at radius 3 is 2.89 bits per heavy atom. The lowest BCUT2D eigenvalue weighted by Gasteiger charge is -2.18. The van der Waals surface area contributed by atoms with Crippen LogP contribution in [-0.2, 0) is 6.54 Å². The molecule has 3 heteroatoms. The molecule has 2 rings (SSSR count). The van der Waals surface area contributed by atoms with E-state index < -0.39 is 0 Å². The van der Waals surface area contributed by atoms with Crippen molar-refractivity contribution in [2.45, 2.75) is 13.5 Å². The molecule has 0 spiro atoms. The molecule has 0 aliphatic rings. The second-order valence-electron chi connectivity index (χ2n) is 4.50. The summed E-state index contributed by atoms with van der Waals surface area (Å²) >= 11 is 1.74. The van der Waals surface area contributed by atoms with Gasteiger partial charge in [0.25, 0.3) is 0 Å². The molecule has 19 heavy (non-hydrogen) atoms. The van der Waals surface area contributed by atoms with Gasteiger partial charge in [-0.2, -0.15) is 0 Å². The number of hydrogen-bond donors (Lipinski definition) is 1. The quantitative estimate of drug-likeness (QED) is 0.869. The minimum Gasteiger partial charge on any atom is -0.369 e. The minimum absolute atomic E-state index is 0.411. The van der Waals surface area contributed by atoms with Crippen LogP contribution in [0.4, 0.5) is 5.69 Å². The van der Waals surface area contributed by atoms with Gasteiger partial charge >= 0.3 is 0 Å². The molecule has 1 heterocycles. The smallest absolute Gasteiger partial charge is 0.0555 e. The molecule has 0 saturated heterocycles. The highest BCUT2D eigenvalue weighted by molar-refractivity contribution is 7.10. The third-order valence-electron chi connectivity index (χ3n) is 2.82. The summed E-state index contributed by atoms with van der Waals surface area (Å²) in [5, 5.41) is 2.09. The molecular formula is C16H18N2S. The molecule has 98 valence electrons. The van der Waals surface area contributed by atoms with Crippen molar-refractivity contribution in [3.8, 4) is 11.8 Å². The number of rotatable bonds is 3. The lowest BCUT2D eigenvalue weighted by atomic mass is 10.2. The normalized spacial score (nSPS) is 9.84. The Bertz CT molecular complexity index is 604. The lowest BCUT2D eigenvalue weighted by molar-refractivity contribution is 0.939. The highest BCUT2D eigenvalue weighted by Gasteiger charge is 2.04. The Balaban J connectivity index is 2.06. The molecule has 0 fully saturated rings. The first-order valence-corrected chi connectivity index (χ1v) is 7.11. The molecule has 0 bridgehead atoms. The summed E-state index contributed by atoms with van der Waals surface area (Å²) in [6, 6.07) is 10.7. The molecule has 0 atom stereocenters. The van der Waals surface area contributed by atoms with Gasteiger partial charge in [-0.1, -0.05) is 24.0 Å². The standard InChI is InChI=1S/C16H18N2S/c1-13-5-3-7-15(9-13)18(2)11-16-10-14(12-19-16)6-4-8-17/h3,5,7,9-10,12H,8,11,17H2,1-2H3. The monoisotopic (exact) mass is 270 g/mol. The van der Waals surface area contributed by atoms with Crippen LogP contribution in [0.15, 0.2) is 35.7 Å². The number of thiophene rings is 1. The summed E-state index contributed by atoms with van der Waals surface area (Å²) in [5.41, 5.74) is 8.96. The Hall–Kier alpha value is -1.76. The Morgan fingerprint density at radius 2 is 2.16 bits per heavy atom. The van der Waals surface area contributed by atoms with E-state index in [0.717, 1.165) is 12.1 Å². The number of hydrogen-bond acceptors (Lipinski definition) is 3. The number of benzene rings is 1. The van der Waals surface area contributed by atoms with Crippen LogP contribution in [0.2, 0.25) is 0 Å². The molecule has 0 radical (unpaired) electrons. The average molecular weight is 270 g/mol. The maximum atomic E-state index is 5.38. The van der Waals surface area contributed by atoms with Crippen molar-refractivity contribution in [2.24, 2.45) is 5.73 Å². The first kappa shape index (κ1) is 13.7. The second kappa shape index (κ2) is 6.42. The van der Waals surface area contributed by atoms with Crippen molar-refractivity contribution in [1.29, 1.82) is 0 Å². The fourth-order valence-electron chi connectivity index (χ4n) is 1.87. The van der Waals surface area contributed by atoms with Crippen molar-refractivity contribution in [1.82, 2.24) is 0 Å². The molecule has 1 aromatic heterocycles. The van der Waals surface area contributed by atoms with Crippen LogP contribution in [0.1, 0.15) is 16.0 Å². The zero-order valence-corrected chi connectivity index (χ0v) is 12.1. The van der Waals surface area contributed by atoms with Crippen molar-refractivity contribution in [2.75, 3.05) is 18.5 Å². The topological polar surface area (TPSA) is 29.3 Å². The van der Waals surface area contributed by atoms with Gasteiger partial charge in [0.15, 0.2) is 0 Å². The van der Waals surface area contributed by atoms with Crippen molar-refractivity contribution >= 4 is 17.0 Å². The van der Waals surface area contributed by atoms with Gasteiger partial charge in [-0.25, -0.2) is 0 Å². The van der Waals surface area contributed by atoms with E-state index in [1.165, 1.54) is 16.1 Å². The van der Waals surface area contributed by atoms with Crippen molar-refractivity contribution < 1.29 is 0 Å². The van der Waals surface area contributed by atoms with Crippen LogP contribution in [0.25, 0.3) is 0 Å². The van der Waals surface area contributed by atoms with Crippen molar-refractivity contribution in [3.63, 3.8) is 0 Å². The van der Waals surface area contributed by atoms with Gasteiger partial charge in [0, 0.05) is 28.6 Å². The second-order valence-corrected chi connectivity index (χ2v) is 5.50. The Morgan fingerprint density at radius 1 is 1.32 bits per heavy atom. The van der Waals surface area contributed by atoms with Crippen LogP contribution < -0.4 is 10.6 Å². The van der Waals surface area contributed by atoms with Gasteiger partial charge < -0.3 is 10.6 Å². The highest BCUT2D eigenvalue weighted by atomic mass is 32.1. The highest BCUT2D eigenvalue weighted by Crippen LogP contribution is 2.20. The van der Waals surface area contributed by atoms with Gasteiger partial charge in [-0.3, -0.25) is 0 Å². The number of anilines is 1. The lowest BCUT2D eigenvalue weighted by Crippen LogP contribution is -2.15. The van der Waals surface area contributed by atoms with E-state index in [2.05, 4.69) is 66.4 Å². The van der Waals surface area contributed by atoms with Crippen molar-refractivity contribution in [3.05, 3.63) is 51.7 Å². The molecule has 2 nitrogen and oxygen atoms in total. The zero-order valence-electron chi connectivity index (χ0n) is 11.3. The predicted molar refractivity (Wildman–Crippen MR) is 83.5 cm³/mol. The molecule has 2 N–H and O–H groups in total. The van der Waals surface area contributed by atoms with E-state index in [1.54, 1.807) is 11.3 Å². The summed E-state index contributed by atoms with van der Waals surface area (Å²) in [5.74, 6) is 5.94. The van der Waals surface area contributed by atoms with Gasteiger partial charge in [0.2, 0.25) is 0 Å². The molecule has 2 aromatic rings. The van der Waals surface area contributed by atoms with E-state index in [9.17, 15) is 0 Å². The average Bonchev–Trinajstić information content (AvgIpc) is 2.84. The molecule has 0 aliphatic carbocycles. The molecule has 1 aromatic carbocycles. The Labute approximate surface area is 118 Å². The summed E-state index contributed by atoms with van der Waals surface area (Å²) in [4.78, 5) is 3.56. The van der Waals surface area contributed by atoms with E-state index in [-0.39, 0.29) is 0 Å². The number of nitrogens with zero attached hydrogens (tertiary/aromatic N) is 1. The maximum absolute atomic E-state index is 5.38. The van der Waals surface area contributed by atoms with Crippen LogP contribution in [-0.4, -0.2) is 13.6 Å². The summed E-state index contributed by atoms with van der Waals surface area (Å²) in [6.07, 6.45) is 0. The molecular weight excluding hydrogens is 252 g/mol. The fourth-order valence-corrected chi connectivity index (χ4v) is 2.74. The predicted octanol–water partition coefficient (Wildman–Crippen LogP) is 3.00. The fraction of sp³-hybridized carbons (Fsp3) is 0.250. The van der Waals surface area contributed by atoms with Crippen LogP contribution >= 0.6 is 11.3 Å². The van der Waals surface area contributed by atoms with Gasteiger partial charge in [0.05, 0.1) is 13.1 Å². The molecule has 0 amide bonds. The van der Waals surface area contributed by atoms with Gasteiger partial charge in [-0.15, -0.1) is 11.3 Å². The van der Waals surface area contributed by atoms with E-state index >= 15 is 0 Å². The summed E-state index contributed by atoms with van der Waals surface area (Å²) in [7, 11) is 2.11.